The average molecular weight is 260 g/mol. The molecule has 0 bridgehead atoms. The van der Waals surface area contributed by atoms with Crippen LogP contribution in [0.25, 0.3) is 0 Å². The fourth-order valence-corrected chi connectivity index (χ4v) is 2.13. The van der Waals surface area contributed by atoms with Gasteiger partial charge in [-0.1, -0.05) is 18.2 Å². The number of benzene rings is 1. The molecule has 1 aromatic carbocycles. The number of nitrogens with zero attached hydrogens (tertiary/aromatic N) is 1. The Kier molecular flexibility index (Phi) is 4.22. The van der Waals surface area contributed by atoms with Crippen molar-refractivity contribution in [2.24, 2.45) is 5.73 Å². The second-order valence-electron chi connectivity index (χ2n) is 4.99. The van der Waals surface area contributed by atoms with Gasteiger partial charge in [0.2, 0.25) is 5.91 Å². The number of nitrogens with two attached hydrogens (primary N) is 1. The maximum Gasteiger partial charge on any atom is 0.240 e. The minimum Gasteiger partial charge on any atom is -0.508 e. The van der Waals surface area contributed by atoms with Crippen molar-refractivity contribution < 1.29 is 9.90 Å². The molecule has 0 heterocycles. The normalized spacial score (nSPS) is 15.8. The Labute approximate surface area is 113 Å². The Morgan fingerprint density at radius 1 is 1.47 bits per heavy atom. The second-order valence-corrected chi connectivity index (χ2v) is 4.99. The van der Waals surface area contributed by atoms with Crippen molar-refractivity contribution in [2.45, 2.75) is 31.3 Å². The highest BCUT2D eigenvalue weighted by Gasteiger charge is 2.33. The van der Waals surface area contributed by atoms with Crippen LogP contribution in [0.1, 0.15) is 18.4 Å². The van der Waals surface area contributed by atoms with Crippen LogP contribution in [0.3, 0.4) is 0 Å². The van der Waals surface area contributed by atoms with Crippen LogP contribution in [0, 0.1) is 0 Å². The molecule has 2 rings (SSSR count). The van der Waals surface area contributed by atoms with E-state index in [-0.39, 0.29) is 11.7 Å². The zero-order chi connectivity index (χ0) is 13.8. The smallest absolute Gasteiger partial charge is 0.240 e. The molecule has 0 radical (unpaired) electrons. The van der Waals surface area contributed by atoms with E-state index in [9.17, 15) is 9.90 Å². The van der Waals surface area contributed by atoms with E-state index in [0.29, 0.717) is 19.0 Å². The van der Waals surface area contributed by atoms with Gasteiger partial charge in [0.1, 0.15) is 5.75 Å². The summed E-state index contributed by atoms with van der Waals surface area (Å²) in [6.45, 7) is 4.25. The first-order valence-electron chi connectivity index (χ1n) is 6.56. The summed E-state index contributed by atoms with van der Waals surface area (Å²) in [5.41, 5.74) is 6.95. The monoisotopic (exact) mass is 260 g/mol. The molecule has 19 heavy (non-hydrogen) atoms. The molecule has 1 aliphatic rings. The lowest BCUT2D eigenvalue weighted by molar-refractivity contribution is -0.132. The number of phenols is 1. The summed E-state index contributed by atoms with van der Waals surface area (Å²) >= 11 is 0. The number of hydrogen-bond donors (Lipinski definition) is 2. The zero-order valence-corrected chi connectivity index (χ0v) is 11.0. The summed E-state index contributed by atoms with van der Waals surface area (Å²) in [6, 6.07) is 6.60. The van der Waals surface area contributed by atoms with E-state index in [2.05, 4.69) is 6.58 Å². The highest BCUT2D eigenvalue weighted by atomic mass is 16.3. The predicted molar refractivity (Wildman–Crippen MR) is 74.7 cm³/mol. The van der Waals surface area contributed by atoms with Crippen LogP contribution >= 0.6 is 0 Å². The average Bonchev–Trinajstić information content (AvgIpc) is 3.22. The van der Waals surface area contributed by atoms with Crippen molar-refractivity contribution in [3.63, 3.8) is 0 Å². The SMILES string of the molecule is C=CCN(C(=O)[C@H](N)Cc1ccc(O)cc1)C1CC1. The second kappa shape index (κ2) is 5.89. The molecule has 0 spiro atoms. The maximum atomic E-state index is 12.3. The van der Waals surface area contributed by atoms with Crippen LogP contribution < -0.4 is 5.73 Å². The molecule has 0 unspecified atom stereocenters. The number of hydrogen-bond acceptors (Lipinski definition) is 3. The lowest BCUT2D eigenvalue weighted by Crippen LogP contribution is -2.46. The third-order valence-electron chi connectivity index (χ3n) is 3.31. The van der Waals surface area contributed by atoms with Crippen LogP contribution in [-0.2, 0) is 11.2 Å². The molecule has 0 saturated heterocycles. The van der Waals surface area contributed by atoms with Gasteiger partial charge in [-0.05, 0) is 37.0 Å². The summed E-state index contributed by atoms with van der Waals surface area (Å²) < 4.78 is 0. The van der Waals surface area contributed by atoms with Crippen molar-refractivity contribution in [1.82, 2.24) is 4.90 Å². The van der Waals surface area contributed by atoms with Crippen molar-refractivity contribution in [3.8, 4) is 5.75 Å². The molecular weight excluding hydrogens is 240 g/mol. The van der Waals surface area contributed by atoms with Crippen LogP contribution in [0.15, 0.2) is 36.9 Å². The molecule has 1 saturated carbocycles. The third kappa shape index (κ3) is 3.58. The predicted octanol–water partition coefficient (Wildman–Crippen LogP) is 1.44. The molecule has 1 amide bonds. The van der Waals surface area contributed by atoms with E-state index in [1.807, 2.05) is 4.90 Å². The van der Waals surface area contributed by atoms with Gasteiger partial charge in [0.15, 0.2) is 0 Å². The van der Waals surface area contributed by atoms with Crippen molar-refractivity contribution in [2.75, 3.05) is 6.54 Å². The quantitative estimate of drug-likeness (QED) is 0.761. The summed E-state index contributed by atoms with van der Waals surface area (Å²) in [4.78, 5) is 14.1. The van der Waals surface area contributed by atoms with Gasteiger partial charge in [0.05, 0.1) is 6.04 Å². The van der Waals surface area contributed by atoms with Crippen LogP contribution in [0.4, 0.5) is 0 Å². The van der Waals surface area contributed by atoms with E-state index in [0.717, 1.165) is 18.4 Å². The van der Waals surface area contributed by atoms with E-state index >= 15 is 0 Å². The Hall–Kier alpha value is -1.81. The Morgan fingerprint density at radius 3 is 2.63 bits per heavy atom. The summed E-state index contributed by atoms with van der Waals surface area (Å²) in [5.74, 6) is 0.199. The van der Waals surface area contributed by atoms with Gasteiger partial charge in [0.25, 0.3) is 0 Å². The van der Waals surface area contributed by atoms with Gasteiger partial charge < -0.3 is 15.7 Å². The molecule has 1 atom stereocenters. The minimum absolute atomic E-state index is 0.0181. The lowest BCUT2D eigenvalue weighted by Gasteiger charge is -2.24. The minimum atomic E-state index is -0.537. The van der Waals surface area contributed by atoms with E-state index in [1.165, 1.54) is 0 Å². The van der Waals surface area contributed by atoms with Crippen LogP contribution in [-0.4, -0.2) is 34.5 Å². The van der Waals surface area contributed by atoms with Crippen LogP contribution in [0.5, 0.6) is 5.75 Å². The summed E-state index contributed by atoms with van der Waals surface area (Å²) in [5, 5.41) is 9.22. The highest BCUT2D eigenvalue weighted by Crippen LogP contribution is 2.27. The van der Waals surface area contributed by atoms with Crippen molar-refractivity contribution in [3.05, 3.63) is 42.5 Å². The van der Waals surface area contributed by atoms with E-state index in [4.69, 9.17) is 5.73 Å². The first-order valence-corrected chi connectivity index (χ1v) is 6.56. The Morgan fingerprint density at radius 2 is 2.11 bits per heavy atom. The number of carbonyl (C=O) groups excluding carboxylic acids is 1. The Bertz CT molecular complexity index is 452. The van der Waals surface area contributed by atoms with Gasteiger partial charge in [-0.3, -0.25) is 4.79 Å². The first-order chi connectivity index (χ1) is 9.11. The highest BCUT2D eigenvalue weighted by molar-refractivity contribution is 5.82. The number of aromatic hydroxyl groups is 1. The van der Waals surface area contributed by atoms with Crippen molar-refractivity contribution in [1.29, 1.82) is 0 Å². The fourth-order valence-electron chi connectivity index (χ4n) is 2.13. The van der Waals surface area contributed by atoms with E-state index in [1.54, 1.807) is 30.3 Å². The zero-order valence-electron chi connectivity index (χ0n) is 11.0. The molecular formula is C15H20N2O2. The molecule has 0 aliphatic heterocycles. The maximum absolute atomic E-state index is 12.3. The van der Waals surface area contributed by atoms with E-state index < -0.39 is 6.04 Å². The molecule has 0 aromatic heterocycles. The summed E-state index contributed by atoms with van der Waals surface area (Å²) in [6.07, 6.45) is 4.35. The molecule has 4 heteroatoms. The van der Waals surface area contributed by atoms with Crippen molar-refractivity contribution >= 4 is 5.91 Å². The lowest BCUT2D eigenvalue weighted by atomic mass is 10.1. The summed E-state index contributed by atoms with van der Waals surface area (Å²) in [7, 11) is 0. The number of rotatable bonds is 6. The third-order valence-corrected chi connectivity index (χ3v) is 3.31. The number of amides is 1. The first kappa shape index (κ1) is 13.6. The fraction of sp³-hybridized carbons (Fsp3) is 0.400. The van der Waals surface area contributed by atoms with Gasteiger partial charge in [-0.15, -0.1) is 6.58 Å². The number of phenolic OH excluding ortho intramolecular Hbond substituents is 1. The molecule has 1 aliphatic carbocycles. The Balaban J connectivity index is 1.97. The van der Waals surface area contributed by atoms with Gasteiger partial charge in [-0.25, -0.2) is 0 Å². The molecule has 3 N–H and O–H groups in total. The number of carbonyl (C=O) groups is 1. The van der Waals surface area contributed by atoms with Crippen LogP contribution in [0.2, 0.25) is 0 Å². The largest absolute Gasteiger partial charge is 0.508 e. The molecule has 1 fully saturated rings. The van der Waals surface area contributed by atoms with Gasteiger partial charge in [-0.2, -0.15) is 0 Å². The topological polar surface area (TPSA) is 66.6 Å². The van der Waals surface area contributed by atoms with Gasteiger partial charge in [0, 0.05) is 12.6 Å². The molecule has 1 aromatic rings. The molecule has 102 valence electrons. The molecule has 4 nitrogen and oxygen atoms in total. The van der Waals surface area contributed by atoms with Gasteiger partial charge >= 0.3 is 0 Å². The standard InChI is InChI=1S/C15H20N2O2/c1-2-9-17(12-5-6-12)15(19)14(16)10-11-3-7-13(18)8-4-11/h2-4,7-8,12,14,18H,1,5-6,9-10,16H2/t14-/m1/s1.